The van der Waals surface area contributed by atoms with Crippen LogP contribution in [0.3, 0.4) is 0 Å². The molecule has 0 spiro atoms. The SMILES string of the molecule is CCCNc1cnc(C(=O)NCc2ccco2)cn1. The molecule has 1 amide bonds. The molecule has 19 heavy (non-hydrogen) atoms. The maximum absolute atomic E-state index is 11.8. The van der Waals surface area contributed by atoms with Crippen molar-refractivity contribution in [2.24, 2.45) is 0 Å². The minimum absolute atomic E-state index is 0.272. The molecule has 2 aromatic heterocycles. The second-order valence-corrected chi connectivity index (χ2v) is 3.98. The molecule has 100 valence electrons. The van der Waals surface area contributed by atoms with Crippen LogP contribution in [0.4, 0.5) is 5.82 Å². The predicted molar refractivity (Wildman–Crippen MR) is 70.7 cm³/mol. The van der Waals surface area contributed by atoms with Gasteiger partial charge in [0.15, 0.2) is 0 Å². The van der Waals surface area contributed by atoms with Crippen LogP contribution in [0.5, 0.6) is 0 Å². The van der Waals surface area contributed by atoms with Gasteiger partial charge < -0.3 is 15.1 Å². The summed E-state index contributed by atoms with van der Waals surface area (Å²) in [4.78, 5) is 20.0. The second-order valence-electron chi connectivity index (χ2n) is 3.98. The largest absolute Gasteiger partial charge is 0.467 e. The van der Waals surface area contributed by atoms with Gasteiger partial charge in [0, 0.05) is 6.54 Å². The zero-order valence-corrected chi connectivity index (χ0v) is 10.7. The number of carbonyl (C=O) groups excluding carboxylic acids is 1. The number of aromatic nitrogens is 2. The second kappa shape index (κ2) is 6.53. The van der Waals surface area contributed by atoms with Crippen molar-refractivity contribution in [1.29, 1.82) is 0 Å². The van der Waals surface area contributed by atoms with Gasteiger partial charge in [0.25, 0.3) is 5.91 Å². The van der Waals surface area contributed by atoms with E-state index in [9.17, 15) is 4.79 Å². The molecule has 0 saturated carbocycles. The van der Waals surface area contributed by atoms with E-state index in [0.29, 0.717) is 18.1 Å². The Balaban J connectivity index is 1.88. The monoisotopic (exact) mass is 260 g/mol. The quantitative estimate of drug-likeness (QED) is 0.828. The van der Waals surface area contributed by atoms with Crippen molar-refractivity contribution in [2.75, 3.05) is 11.9 Å². The summed E-state index contributed by atoms with van der Waals surface area (Å²) in [6.45, 7) is 3.24. The minimum atomic E-state index is -0.272. The van der Waals surface area contributed by atoms with Crippen molar-refractivity contribution < 1.29 is 9.21 Å². The van der Waals surface area contributed by atoms with Crippen LogP contribution >= 0.6 is 0 Å². The van der Waals surface area contributed by atoms with Crippen LogP contribution in [0, 0.1) is 0 Å². The Labute approximate surface area is 111 Å². The first-order chi connectivity index (χ1) is 9.29. The third kappa shape index (κ3) is 3.80. The molecule has 0 aliphatic carbocycles. The van der Waals surface area contributed by atoms with E-state index in [0.717, 1.165) is 13.0 Å². The standard InChI is InChI=1S/C13H16N4O2/c1-2-5-14-12-9-15-11(8-16-12)13(18)17-7-10-4-3-6-19-10/h3-4,6,8-9H,2,5,7H2,1H3,(H,14,16)(H,17,18). The zero-order valence-electron chi connectivity index (χ0n) is 10.7. The fourth-order valence-corrected chi connectivity index (χ4v) is 1.46. The number of nitrogens with one attached hydrogen (secondary N) is 2. The minimum Gasteiger partial charge on any atom is -0.467 e. The topological polar surface area (TPSA) is 80.0 Å². The van der Waals surface area contributed by atoms with Gasteiger partial charge in [0.1, 0.15) is 17.3 Å². The Morgan fingerprint density at radius 1 is 1.37 bits per heavy atom. The molecule has 0 atom stereocenters. The van der Waals surface area contributed by atoms with E-state index < -0.39 is 0 Å². The maximum Gasteiger partial charge on any atom is 0.271 e. The molecule has 0 unspecified atom stereocenters. The molecule has 0 radical (unpaired) electrons. The van der Waals surface area contributed by atoms with Crippen LogP contribution in [-0.2, 0) is 6.54 Å². The third-order valence-electron chi connectivity index (χ3n) is 2.44. The predicted octanol–water partition coefficient (Wildman–Crippen LogP) is 1.82. The van der Waals surface area contributed by atoms with Crippen molar-refractivity contribution >= 4 is 11.7 Å². The van der Waals surface area contributed by atoms with E-state index in [4.69, 9.17) is 4.42 Å². The van der Waals surface area contributed by atoms with E-state index in [2.05, 4.69) is 27.5 Å². The summed E-state index contributed by atoms with van der Waals surface area (Å²) in [5.74, 6) is 1.10. The van der Waals surface area contributed by atoms with E-state index in [-0.39, 0.29) is 11.6 Å². The van der Waals surface area contributed by atoms with Gasteiger partial charge in [-0.1, -0.05) is 6.92 Å². The first-order valence-corrected chi connectivity index (χ1v) is 6.16. The Morgan fingerprint density at radius 2 is 2.26 bits per heavy atom. The summed E-state index contributed by atoms with van der Waals surface area (Å²) in [5.41, 5.74) is 0.286. The third-order valence-corrected chi connectivity index (χ3v) is 2.44. The van der Waals surface area contributed by atoms with Gasteiger partial charge in [0.2, 0.25) is 0 Å². The molecule has 6 heteroatoms. The molecule has 0 aliphatic rings. The lowest BCUT2D eigenvalue weighted by Crippen LogP contribution is -2.23. The molecule has 2 aromatic rings. The number of carbonyl (C=O) groups is 1. The molecule has 2 rings (SSSR count). The van der Waals surface area contributed by atoms with E-state index in [1.165, 1.54) is 6.20 Å². The normalized spacial score (nSPS) is 10.2. The average molecular weight is 260 g/mol. The number of hydrogen-bond donors (Lipinski definition) is 2. The van der Waals surface area contributed by atoms with Crippen LogP contribution in [0.1, 0.15) is 29.6 Å². The smallest absolute Gasteiger partial charge is 0.271 e. The molecular weight excluding hydrogens is 244 g/mol. The molecule has 2 N–H and O–H groups in total. The van der Waals surface area contributed by atoms with Gasteiger partial charge >= 0.3 is 0 Å². The summed E-state index contributed by atoms with van der Waals surface area (Å²) in [6, 6.07) is 3.57. The Hall–Kier alpha value is -2.37. The van der Waals surface area contributed by atoms with Gasteiger partial charge in [-0.25, -0.2) is 9.97 Å². The van der Waals surface area contributed by atoms with Gasteiger partial charge in [-0.3, -0.25) is 4.79 Å². The lowest BCUT2D eigenvalue weighted by Gasteiger charge is -2.05. The van der Waals surface area contributed by atoms with Gasteiger partial charge in [-0.15, -0.1) is 0 Å². The zero-order chi connectivity index (χ0) is 13.5. The number of furan rings is 1. The summed E-state index contributed by atoms with van der Waals surface area (Å²) >= 11 is 0. The molecule has 0 aliphatic heterocycles. The highest BCUT2D eigenvalue weighted by Gasteiger charge is 2.08. The lowest BCUT2D eigenvalue weighted by atomic mass is 10.4. The van der Waals surface area contributed by atoms with Crippen LogP contribution in [0.2, 0.25) is 0 Å². The van der Waals surface area contributed by atoms with Crippen molar-refractivity contribution in [3.8, 4) is 0 Å². The van der Waals surface area contributed by atoms with Crippen LogP contribution in [0.25, 0.3) is 0 Å². The van der Waals surface area contributed by atoms with Crippen molar-refractivity contribution in [3.05, 3.63) is 42.2 Å². The summed E-state index contributed by atoms with van der Waals surface area (Å²) in [7, 11) is 0. The molecule has 0 bridgehead atoms. The molecular formula is C13H16N4O2. The highest BCUT2D eigenvalue weighted by atomic mass is 16.3. The Kier molecular flexibility index (Phi) is 4.49. The summed E-state index contributed by atoms with van der Waals surface area (Å²) in [6.07, 6.45) is 5.58. The lowest BCUT2D eigenvalue weighted by molar-refractivity contribution is 0.0942. The van der Waals surface area contributed by atoms with Crippen LogP contribution < -0.4 is 10.6 Å². The van der Waals surface area contributed by atoms with E-state index in [1.54, 1.807) is 24.6 Å². The maximum atomic E-state index is 11.8. The Bertz CT molecular complexity index is 508. The van der Waals surface area contributed by atoms with Crippen molar-refractivity contribution in [3.63, 3.8) is 0 Å². The number of hydrogen-bond acceptors (Lipinski definition) is 5. The van der Waals surface area contributed by atoms with Gasteiger partial charge in [-0.05, 0) is 18.6 Å². The Morgan fingerprint density at radius 3 is 2.89 bits per heavy atom. The highest BCUT2D eigenvalue weighted by molar-refractivity contribution is 5.91. The van der Waals surface area contributed by atoms with Gasteiger partial charge in [0.05, 0.1) is 25.2 Å². The number of amides is 1. The van der Waals surface area contributed by atoms with E-state index in [1.807, 2.05) is 0 Å². The van der Waals surface area contributed by atoms with Crippen molar-refractivity contribution in [1.82, 2.24) is 15.3 Å². The first-order valence-electron chi connectivity index (χ1n) is 6.16. The molecule has 2 heterocycles. The number of nitrogens with zero attached hydrogens (tertiary/aromatic N) is 2. The fraction of sp³-hybridized carbons (Fsp3) is 0.308. The number of anilines is 1. The average Bonchev–Trinajstić information content (AvgIpc) is 2.96. The van der Waals surface area contributed by atoms with Crippen LogP contribution in [0.15, 0.2) is 35.2 Å². The first kappa shape index (κ1) is 13.1. The fourth-order valence-electron chi connectivity index (χ4n) is 1.46. The van der Waals surface area contributed by atoms with Gasteiger partial charge in [-0.2, -0.15) is 0 Å². The number of rotatable bonds is 6. The summed E-state index contributed by atoms with van der Waals surface area (Å²) in [5, 5.41) is 5.80. The van der Waals surface area contributed by atoms with E-state index >= 15 is 0 Å². The van der Waals surface area contributed by atoms with Crippen molar-refractivity contribution in [2.45, 2.75) is 19.9 Å². The molecule has 0 saturated heterocycles. The summed E-state index contributed by atoms with van der Waals surface area (Å²) < 4.78 is 5.12. The molecule has 6 nitrogen and oxygen atoms in total. The van der Waals surface area contributed by atoms with Crippen LogP contribution in [-0.4, -0.2) is 22.4 Å². The highest BCUT2D eigenvalue weighted by Crippen LogP contribution is 2.02. The molecule has 0 fully saturated rings. The molecule has 0 aromatic carbocycles.